The van der Waals surface area contributed by atoms with Crippen molar-refractivity contribution in [1.82, 2.24) is 10.6 Å². The Kier molecular flexibility index (Phi) is 3.04. The van der Waals surface area contributed by atoms with Crippen LogP contribution in [0.15, 0.2) is 30.3 Å². The fourth-order valence-electron chi connectivity index (χ4n) is 2.99. The number of nitrogens with one attached hydrogen (secondary N) is 2. The molecule has 2 aliphatic heterocycles. The minimum absolute atomic E-state index is 0.365. The summed E-state index contributed by atoms with van der Waals surface area (Å²) in [6, 6.07) is 10.8. The van der Waals surface area contributed by atoms with Crippen molar-refractivity contribution in [2.75, 3.05) is 37.6 Å². The van der Waals surface area contributed by atoms with Gasteiger partial charge in [-0.25, -0.2) is 0 Å². The van der Waals surface area contributed by atoms with Gasteiger partial charge in [0, 0.05) is 44.0 Å². The van der Waals surface area contributed by atoms with E-state index in [4.69, 9.17) is 0 Å². The summed E-state index contributed by atoms with van der Waals surface area (Å²) in [5.41, 5.74) is 1.73. The second-order valence-electron chi connectivity index (χ2n) is 5.21. The van der Waals surface area contributed by atoms with E-state index in [1.807, 2.05) is 0 Å². The Morgan fingerprint density at radius 1 is 1.00 bits per heavy atom. The van der Waals surface area contributed by atoms with Crippen molar-refractivity contribution in [2.45, 2.75) is 18.4 Å². The third kappa shape index (κ3) is 2.31. The molecule has 3 nitrogen and oxygen atoms in total. The third-order valence-electron chi connectivity index (χ3n) is 4.11. The number of piperazine rings is 1. The molecule has 1 aromatic rings. The molecule has 3 heteroatoms. The molecule has 17 heavy (non-hydrogen) atoms. The average molecular weight is 231 g/mol. The molecule has 2 heterocycles. The van der Waals surface area contributed by atoms with E-state index in [-0.39, 0.29) is 0 Å². The van der Waals surface area contributed by atoms with E-state index < -0.39 is 0 Å². The van der Waals surface area contributed by atoms with Crippen LogP contribution in [0.1, 0.15) is 12.8 Å². The Morgan fingerprint density at radius 3 is 2.41 bits per heavy atom. The van der Waals surface area contributed by atoms with Gasteiger partial charge in [0.1, 0.15) is 0 Å². The highest BCUT2D eigenvalue weighted by Crippen LogP contribution is 2.26. The predicted molar refractivity (Wildman–Crippen MR) is 71.5 cm³/mol. The molecule has 0 atom stereocenters. The number of anilines is 1. The van der Waals surface area contributed by atoms with E-state index in [0.29, 0.717) is 5.54 Å². The average Bonchev–Trinajstić information content (AvgIpc) is 2.42. The molecule has 2 aliphatic rings. The summed E-state index contributed by atoms with van der Waals surface area (Å²) in [6.45, 7) is 5.70. The van der Waals surface area contributed by atoms with Crippen LogP contribution in [0.5, 0.6) is 0 Å². The summed E-state index contributed by atoms with van der Waals surface area (Å²) in [7, 11) is 0. The Labute approximate surface area is 103 Å². The third-order valence-corrected chi connectivity index (χ3v) is 4.11. The van der Waals surface area contributed by atoms with Crippen molar-refractivity contribution in [1.29, 1.82) is 0 Å². The van der Waals surface area contributed by atoms with Gasteiger partial charge in [-0.05, 0) is 25.0 Å². The smallest absolute Gasteiger partial charge is 0.0366 e. The monoisotopic (exact) mass is 231 g/mol. The van der Waals surface area contributed by atoms with E-state index in [1.165, 1.54) is 31.6 Å². The summed E-state index contributed by atoms with van der Waals surface area (Å²) in [5, 5.41) is 7.24. The maximum Gasteiger partial charge on any atom is 0.0366 e. The molecule has 3 rings (SSSR count). The number of hydrogen-bond acceptors (Lipinski definition) is 3. The Morgan fingerprint density at radius 2 is 1.76 bits per heavy atom. The van der Waals surface area contributed by atoms with Crippen LogP contribution < -0.4 is 15.5 Å². The topological polar surface area (TPSA) is 27.3 Å². The predicted octanol–water partition coefficient (Wildman–Crippen LogP) is 1.22. The molecule has 1 aromatic carbocycles. The molecule has 0 unspecified atom stereocenters. The second-order valence-corrected chi connectivity index (χ2v) is 5.21. The minimum Gasteiger partial charge on any atom is -0.371 e. The molecule has 2 saturated heterocycles. The summed E-state index contributed by atoms with van der Waals surface area (Å²) in [6.07, 6.45) is 2.49. The molecular formula is C14H21N3. The molecular weight excluding hydrogens is 210 g/mol. The molecule has 2 fully saturated rings. The van der Waals surface area contributed by atoms with Gasteiger partial charge in [0.2, 0.25) is 0 Å². The Hall–Kier alpha value is -1.06. The molecule has 0 aliphatic carbocycles. The molecule has 0 saturated carbocycles. The zero-order chi connectivity index (χ0) is 11.6. The van der Waals surface area contributed by atoms with Crippen molar-refractivity contribution < 1.29 is 0 Å². The first-order chi connectivity index (χ1) is 8.38. The lowest BCUT2D eigenvalue weighted by Gasteiger charge is -2.45. The summed E-state index contributed by atoms with van der Waals surface area (Å²) in [5.74, 6) is 0. The summed E-state index contributed by atoms with van der Waals surface area (Å²) < 4.78 is 0. The van der Waals surface area contributed by atoms with Gasteiger partial charge >= 0.3 is 0 Å². The lowest BCUT2D eigenvalue weighted by atomic mass is 9.86. The van der Waals surface area contributed by atoms with Gasteiger partial charge < -0.3 is 15.5 Å². The lowest BCUT2D eigenvalue weighted by molar-refractivity contribution is 0.222. The number of rotatable bonds is 1. The van der Waals surface area contributed by atoms with Crippen LogP contribution in [-0.2, 0) is 0 Å². The zero-order valence-corrected chi connectivity index (χ0v) is 10.3. The standard InChI is InChI=1S/C14H21N3/c1-2-4-13(5-3-1)17-10-6-14(7-11-17)12-15-8-9-16-14/h1-5,15-16H,6-12H2. The van der Waals surface area contributed by atoms with Crippen LogP contribution in [0.3, 0.4) is 0 Å². The molecule has 92 valence electrons. The normalized spacial score (nSPS) is 23.9. The number of hydrogen-bond donors (Lipinski definition) is 2. The second kappa shape index (κ2) is 4.67. The van der Waals surface area contributed by atoms with Crippen molar-refractivity contribution in [3.05, 3.63) is 30.3 Å². The quantitative estimate of drug-likeness (QED) is 0.761. The molecule has 2 N–H and O–H groups in total. The first kappa shape index (κ1) is 11.1. The highest BCUT2D eigenvalue weighted by molar-refractivity contribution is 5.46. The number of nitrogens with zero attached hydrogens (tertiary/aromatic N) is 1. The highest BCUT2D eigenvalue weighted by atomic mass is 15.2. The summed E-state index contributed by atoms with van der Waals surface area (Å²) >= 11 is 0. The van der Waals surface area contributed by atoms with Gasteiger partial charge in [-0.2, -0.15) is 0 Å². The van der Waals surface area contributed by atoms with Gasteiger partial charge in [0.05, 0.1) is 0 Å². The van der Waals surface area contributed by atoms with E-state index in [9.17, 15) is 0 Å². The maximum atomic E-state index is 3.72. The Balaban J connectivity index is 1.64. The van der Waals surface area contributed by atoms with Crippen molar-refractivity contribution in [3.8, 4) is 0 Å². The van der Waals surface area contributed by atoms with Crippen LogP contribution in [0.4, 0.5) is 5.69 Å². The van der Waals surface area contributed by atoms with E-state index in [2.05, 4.69) is 45.9 Å². The van der Waals surface area contributed by atoms with Crippen molar-refractivity contribution in [3.63, 3.8) is 0 Å². The molecule has 1 spiro atoms. The van der Waals surface area contributed by atoms with Crippen LogP contribution in [0.2, 0.25) is 0 Å². The molecule has 0 amide bonds. The van der Waals surface area contributed by atoms with Crippen LogP contribution >= 0.6 is 0 Å². The number of para-hydroxylation sites is 1. The Bertz CT molecular complexity index is 347. The first-order valence-corrected chi connectivity index (χ1v) is 6.64. The largest absolute Gasteiger partial charge is 0.371 e. The minimum atomic E-state index is 0.365. The first-order valence-electron chi connectivity index (χ1n) is 6.64. The SMILES string of the molecule is c1ccc(N2CCC3(CC2)CNCCN3)cc1. The van der Waals surface area contributed by atoms with Gasteiger partial charge in [-0.3, -0.25) is 0 Å². The maximum absolute atomic E-state index is 3.72. The molecule has 0 aromatic heterocycles. The highest BCUT2D eigenvalue weighted by Gasteiger charge is 2.35. The zero-order valence-electron chi connectivity index (χ0n) is 10.3. The van der Waals surface area contributed by atoms with Crippen LogP contribution in [0.25, 0.3) is 0 Å². The summed E-state index contributed by atoms with van der Waals surface area (Å²) in [4.78, 5) is 2.50. The van der Waals surface area contributed by atoms with Gasteiger partial charge in [-0.15, -0.1) is 0 Å². The van der Waals surface area contributed by atoms with Gasteiger partial charge in [-0.1, -0.05) is 18.2 Å². The fourth-order valence-corrected chi connectivity index (χ4v) is 2.99. The van der Waals surface area contributed by atoms with E-state index in [1.54, 1.807) is 0 Å². The fraction of sp³-hybridized carbons (Fsp3) is 0.571. The lowest BCUT2D eigenvalue weighted by Crippen LogP contribution is -2.63. The van der Waals surface area contributed by atoms with Crippen LogP contribution in [0, 0.1) is 0 Å². The molecule has 0 radical (unpaired) electrons. The van der Waals surface area contributed by atoms with Gasteiger partial charge in [0.25, 0.3) is 0 Å². The van der Waals surface area contributed by atoms with Crippen molar-refractivity contribution in [2.24, 2.45) is 0 Å². The number of piperidine rings is 1. The van der Waals surface area contributed by atoms with E-state index >= 15 is 0 Å². The molecule has 0 bridgehead atoms. The van der Waals surface area contributed by atoms with Crippen molar-refractivity contribution >= 4 is 5.69 Å². The number of benzene rings is 1. The van der Waals surface area contributed by atoms with E-state index in [0.717, 1.165) is 19.6 Å². The van der Waals surface area contributed by atoms with Crippen LogP contribution in [-0.4, -0.2) is 38.3 Å². The van der Waals surface area contributed by atoms with Gasteiger partial charge in [0.15, 0.2) is 0 Å².